The Balaban J connectivity index is 1.56. The minimum absolute atomic E-state index is 0.0109. The molecule has 1 unspecified atom stereocenters. The molecule has 0 spiro atoms. The van der Waals surface area contributed by atoms with E-state index >= 15 is 0 Å². The summed E-state index contributed by atoms with van der Waals surface area (Å²) in [6, 6.07) is 16.2. The largest absolute Gasteiger partial charge is 0.480 e. The Labute approximate surface area is 197 Å². The van der Waals surface area contributed by atoms with Crippen molar-refractivity contribution in [3.8, 4) is 0 Å². The van der Waals surface area contributed by atoms with Gasteiger partial charge in [-0.15, -0.1) is 0 Å². The van der Waals surface area contributed by atoms with Crippen LogP contribution in [0.1, 0.15) is 36.8 Å². The zero-order valence-electron chi connectivity index (χ0n) is 17.8. The number of rotatable bonds is 7. The number of alkyl halides is 1. The molecule has 1 fully saturated rings. The smallest absolute Gasteiger partial charge is 0.325 e. The van der Waals surface area contributed by atoms with E-state index in [-0.39, 0.29) is 18.7 Å². The van der Waals surface area contributed by atoms with Gasteiger partial charge in [-0.2, -0.15) is 4.72 Å². The van der Waals surface area contributed by atoms with E-state index in [9.17, 15) is 23.1 Å². The summed E-state index contributed by atoms with van der Waals surface area (Å²) in [5.74, 6) is -2.13. The van der Waals surface area contributed by atoms with Crippen LogP contribution >= 0.6 is 11.6 Å². The number of carbonyl (C=O) groups is 2. The molecule has 0 aliphatic heterocycles. The lowest BCUT2D eigenvalue weighted by atomic mass is 9.99. The Kier molecular flexibility index (Phi) is 5.94. The second kappa shape index (κ2) is 8.44. The van der Waals surface area contributed by atoms with Gasteiger partial charge in [0.2, 0.25) is 15.9 Å². The number of benzene rings is 2. The highest BCUT2D eigenvalue weighted by molar-refractivity contribution is 7.92. The van der Waals surface area contributed by atoms with E-state index < -0.39 is 31.7 Å². The van der Waals surface area contributed by atoms with Crippen molar-refractivity contribution in [2.75, 3.05) is 5.32 Å². The van der Waals surface area contributed by atoms with E-state index in [0.29, 0.717) is 11.3 Å². The highest BCUT2D eigenvalue weighted by Crippen LogP contribution is 2.53. The molecule has 2 aromatic rings. The van der Waals surface area contributed by atoms with Crippen LogP contribution in [0.3, 0.4) is 0 Å². The summed E-state index contributed by atoms with van der Waals surface area (Å²) in [5, 5.41) is 12.6. The number of hydrogen-bond acceptors (Lipinski definition) is 4. The lowest BCUT2D eigenvalue weighted by Crippen LogP contribution is -2.51. The maximum atomic E-state index is 13.3. The van der Waals surface area contributed by atoms with Crippen molar-refractivity contribution in [2.45, 2.75) is 35.4 Å². The Bertz CT molecular complexity index is 1270. The first-order valence-corrected chi connectivity index (χ1v) is 12.2. The molecule has 0 saturated heterocycles. The van der Waals surface area contributed by atoms with Crippen molar-refractivity contribution in [1.29, 1.82) is 0 Å². The SMILES string of the molecule is CC(=O)Nc1cccc([C@@H]2C[C@]2(NS(=O)(=O)C2(Cl)C=CC(c3ccccc3)=CC2)C(=O)O)c1. The highest BCUT2D eigenvalue weighted by Gasteiger charge is 2.64. The van der Waals surface area contributed by atoms with Gasteiger partial charge in [-0.05, 0) is 41.3 Å². The summed E-state index contributed by atoms with van der Waals surface area (Å²) in [5.41, 5.74) is 1.19. The average molecular weight is 487 g/mol. The zero-order chi connectivity index (χ0) is 23.9. The van der Waals surface area contributed by atoms with Crippen LogP contribution in [0.15, 0.2) is 72.8 Å². The number of allylic oxidation sites excluding steroid dienone is 3. The van der Waals surface area contributed by atoms with Gasteiger partial charge in [0.1, 0.15) is 5.54 Å². The number of amides is 1. The number of nitrogens with one attached hydrogen (secondary N) is 2. The van der Waals surface area contributed by atoms with Gasteiger partial charge in [0, 0.05) is 24.9 Å². The molecule has 1 saturated carbocycles. The fourth-order valence-corrected chi connectivity index (χ4v) is 5.83. The van der Waals surface area contributed by atoms with Crippen molar-refractivity contribution < 1.29 is 23.1 Å². The van der Waals surface area contributed by atoms with Gasteiger partial charge >= 0.3 is 5.97 Å². The number of hydrogen-bond donors (Lipinski definition) is 3. The topological polar surface area (TPSA) is 113 Å². The summed E-state index contributed by atoms with van der Waals surface area (Å²) < 4.78 is 27.1. The van der Waals surface area contributed by atoms with Crippen LogP contribution in [0.25, 0.3) is 5.57 Å². The second-order valence-corrected chi connectivity index (χ2v) is 11.1. The molecule has 9 heteroatoms. The Hall–Kier alpha value is -2.94. The van der Waals surface area contributed by atoms with E-state index in [0.717, 1.165) is 11.1 Å². The van der Waals surface area contributed by atoms with Crippen molar-refractivity contribution in [3.63, 3.8) is 0 Å². The number of carboxylic acid groups (broad SMARTS) is 1. The maximum Gasteiger partial charge on any atom is 0.325 e. The number of anilines is 1. The summed E-state index contributed by atoms with van der Waals surface area (Å²) in [6.45, 7) is 1.37. The molecule has 172 valence electrons. The first-order chi connectivity index (χ1) is 15.6. The van der Waals surface area contributed by atoms with Crippen molar-refractivity contribution in [3.05, 3.63) is 84.0 Å². The number of carbonyl (C=O) groups excluding carboxylic acids is 1. The minimum atomic E-state index is -4.27. The third kappa shape index (κ3) is 4.46. The molecular formula is C24H23ClN2O5S. The first kappa shape index (κ1) is 23.2. The lowest BCUT2D eigenvalue weighted by molar-refractivity contribution is -0.140. The van der Waals surface area contributed by atoms with E-state index in [1.807, 2.05) is 30.3 Å². The van der Waals surface area contributed by atoms with Gasteiger partial charge in [-0.1, -0.05) is 66.2 Å². The summed E-state index contributed by atoms with van der Waals surface area (Å²) in [4.78, 5) is 23.5. The molecule has 1 amide bonds. The van der Waals surface area contributed by atoms with Crippen LogP contribution in [-0.2, 0) is 19.6 Å². The molecule has 3 N–H and O–H groups in total. The predicted molar refractivity (Wildman–Crippen MR) is 127 cm³/mol. The van der Waals surface area contributed by atoms with Gasteiger partial charge < -0.3 is 10.4 Å². The fourth-order valence-electron chi connectivity index (χ4n) is 4.06. The number of halogens is 1. The van der Waals surface area contributed by atoms with Crippen molar-refractivity contribution >= 4 is 44.8 Å². The standard InChI is InChI=1S/C24H23ClN2O5S/c1-16(28)26-20-9-5-8-19(14-20)21-15-24(21,22(29)30)27-33(31,32)23(25)12-10-18(11-13-23)17-6-3-2-4-7-17/h2-12,14,21,27H,13,15H2,1H3,(H,26,28)(H,29,30)/t21-,23?,24+/m0/s1. The van der Waals surface area contributed by atoms with Crippen molar-refractivity contribution in [1.82, 2.24) is 4.72 Å². The lowest BCUT2D eigenvalue weighted by Gasteiger charge is -2.28. The monoisotopic (exact) mass is 486 g/mol. The molecule has 33 heavy (non-hydrogen) atoms. The van der Waals surface area contributed by atoms with E-state index in [4.69, 9.17) is 11.6 Å². The first-order valence-electron chi connectivity index (χ1n) is 10.3. The molecule has 0 heterocycles. The number of sulfonamides is 1. The molecular weight excluding hydrogens is 464 g/mol. The number of aliphatic carboxylic acids is 1. The third-order valence-electron chi connectivity index (χ3n) is 5.93. The normalized spacial score (nSPS) is 26.4. The van der Waals surface area contributed by atoms with Crippen LogP contribution in [-0.4, -0.2) is 35.1 Å². The van der Waals surface area contributed by atoms with Gasteiger partial charge in [0.05, 0.1) is 0 Å². The van der Waals surface area contributed by atoms with Crippen LogP contribution in [0, 0.1) is 0 Å². The Morgan fingerprint density at radius 1 is 1.12 bits per heavy atom. The molecule has 2 aliphatic carbocycles. The number of carboxylic acids is 1. The van der Waals surface area contributed by atoms with E-state index in [2.05, 4.69) is 10.0 Å². The highest BCUT2D eigenvalue weighted by atomic mass is 35.5. The van der Waals surface area contributed by atoms with Crippen LogP contribution in [0.2, 0.25) is 0 Å². The van der Waals surface area contributed by atoms with Crippen LogP contribution in [0.5, 0.6) is 0 Å². The quantitative estimate of drug-likeness (QED) is 0.514. The summed E-state index contributed by atoms with van der Waals surface area (Å²) in [7, 11) is -4.27. The predicted octanol–water partition coefficient (Wildman–Crippen LogP) is 3.85. The van der Waals surface area contributed by atoms with E-state index in [1.165, 1.54) is 13.0 Å². The Morgan fingerprint density at radius 3 is 2.45 bits per heavy atom. The average Bonchev–Trinajstić information content (AvgIpc) is 3.49. The molecule has 2 aromatic carbocycles. The summed E-state index contributed by atoms with van der Waals surface area (Å²) in [6.07, 6.45) is 4.83. The van der Waals surface area contributed by atoms with Gasteiger partial charge in [0.25, 0.3) is 0 Å². The molecule has 4 rings (SSSR count). The van der Waals surface area contributed by atoms with E-state index in [1.54, 1.807) is 36.4 Å². The molecule has 3 atom stereocenters. The van der Waals surface area contributed by atoms with Gasteiger partial charge in [-0.3, -0.25) is 9.59 Å². The molecule has 7 nitrogen and oxygen atoms in total. The fraction of sp³-hybridized carbons (Fsp3) is 0.250. The van der Waals surface area contributed by atoms with Gasteiger partial charge in [0.15, 0.2) is 4.21 Å². The van der Waals surface area contributed by atoms with Gasteiger partial charge in [-0.25, -0.2) is 8.42 Å². The van der Waals surface area contributed by atoms with Crippen LogP contribution < -0.4 is 10.0 Å². The van der Waals surface area contributed by atoms with Crippen molar-refractivity contribution in [2.24, 2.45) is 0 Å². The molecule has 0 bridgehead atoms. The zero-order valence-corrected chi connectivity index (χ0v) is 19.4. The molecule has 0 radical (unpaired) electrons. The Morgan fingerprint density at radius 2 is 1.85 bits per heavy atom. The molecule has 2 aliphatic rings. The van der Waals surface area contributed by atoms with Crippen LogP contribution in [0.4, 0.5) is 5.69 Å². The minimum Gasteiger partial charge on any atom is -0.480 e. The summed E-state index contributed by atoms with van der Waals surface area (Å²) >= 11 is 6.51. The maximum absolute atomic E-state index is 13.3. The second-order valence-electron chi connectivity index (χ2n) is 8.29. The molecule has 0 aromatic heterocycles. The third-order valence-corrected chi connectivity index (χ3v) is 8.65.